The average Bonchev–Trinajstić information content (AvgIpc) is 2.36. The highest BCUT2D eigenvalue weighted by atomic mass is 16.3. The van der Waals surface area contributed by atoms with E-state index in [0.29, 0.717) is 6.42 Å². The molecule has 0 heterocycles. The third kappa shape index (κ3) is 2.53. The van der Waals surface area contributed by atoms with Crippen molar-refractivity contribution in [1.29, 1.82) is 0 Å². The van der Waals surface area contributed by atoms with Crippen LogP contribution in [0, 0.1) is 5.92 Å². The Labute approximate surface area is 101 Å². The Balaban J connectivity index is 2.28. The first-order valence-corrected chi connectivity index (χ1v) is 5.80. The molecule has 0 aliphatic heterocycles. The van der Waals surface area contributed by atoms with Crippen LogP contribution in [-0.2, 0) is 4.79 Å². The van der Waals surface area contributed by atoms with Gasteiger partial charge in [0.1, 0.15) is 0 Å². The second kappa shape index (κ2) is 5.11. The quantitative estimate of drug-likeness (QED) is 0.807. The van der Waals surface area contributed by atoms with Crippen molar-refractivity contribution in [1.82, 2.24) is 0 Å². The van der Waals surface area contributed by atoms with Gasteiger partial charge in [0.05, 0.1) is 6.10 Å². The molecule has 1 aliphatic rings. The normalized spacial score (nSPS) is 25.6. The largest absolute Gasteiger partial charge is 0.389 e. The Morgan fingerprint density at radius 2 is 2.06 bits per heavy atom. The van der Waals surface area contributed by atoms with Crippen LogP contribution in [0.3, 0.4) is 0 Å². The van der Waals surface area contributed by atoms with Gasteiger partial charge in [-0.05, 0) is 18.1 Å². The number of allylic oxidation sites excluding steroid dienone is 2. The molecule has 0 fully saturated rings. The van der Waals surface area contributed by atoms with Gasteiger partial charge < -0.3 is 5.11 Å². The number of ketones is 1. The third-order valence-corrected chi connectivity index (χ3v) is 3.22. The summed E-state index contributed by atoms with van der Waals surface area (Å²) in [6.45, 7) is 3.81. The van der Waals surface area contributed by atoms with Crippen molar-refractivity contribution in [3.63, 3.8) is 0 Å². The van der Waals surface area contributed by atoms with Crippen LogP contribution in [0.2, 0.25) is 0 Å². The van der Waals surface area contributed by atoms with Crippen LogP contribution in [0.4, 0.5) is 0 Å². The maximum atomic E-state index is 11.9. The molecule has 3 atom stereocenters. The lowest BCUT2D eigenvalue weighted by atomic mass is 9.77. The summed E-state index contributed by atoms with van der Waals surface area (Å²) in [5.74, 6) is -0.151. The molecule has 88 valence electrons. The lowest BCUT2D eigenvalue weighted by Crippen LogP contribution is -2.28. The molecule has 0 radical (unpaired) electrons. The summed E-state index contributed by atoms with van der Waals surface area (Å²) in [5, 5.41) is 9.62. The number of carbonyl (C=O) groups excluding carboxylic acids is 1. The summed E-state index contributed by atoms with van der Waals surface area (Å²) in [6.07, 6.45) is 4.79. The Bertz CT molecular complexity index is 433. The lowest BCUT2D eigenvalue weighted by molar-refractivity contribution is -0.120. The minimum absolute atomic E-state index is 0.0247. The molecule has 1 unspecified atom stereocenters. The average molecular weight is 228 g/mol. The lowest BCUT2D eigenvalue weighted by Gasteiger charge is -2.26. The Kier molecular flexibility index (Phi) is 3.55. The minimum atomic E-state index is -0.524. The Morgan fingerprint density at radius 1 is 1.35 bits per heavy atom. The molecule has 2 nitrogen and oxygen atoms in total. The van der Waals surface area contributed by atoms with Gasteiger partial charge in [-0.1, -0.05) is 42.5 Å². The molecule has 17 heavy (non-hydrogen) atoms. The van der Waals surface area contributed by atoms with E-state index in [9.17, 15) is 9.90 Å². The Morgan fingerprint density at radius 3 is 2.71 bits per heavy atom. The zero-order chi connectivity index (χ0) is 12.3. The fourth-order valence-corrected chi connectivity index (χ4v) is 2.32. The van der Waals surface area contributed by atoms with E-state index < -0.39 is 6.10 Å². The van der Waals surface area contributed by atoms with Crippen molar-refractivity contribution in [2.24, 2.45) is 5.92 Å². The molecular weight excluding hydrogens is 212 g/mol. The standard InChI is InChI=1S/C15H16O2/c1-2-13(11-6-4-3-5-7-11)14-10-12(16)8-9-15(14)17/h2-9,12-14,16H,1,10H2/t12-,13?,14+/m1/s1. The maximum Gasteiger partial charge on any atom is 0.159 e. The number of carbonyl (C=O) groups is 1. The third-order valence-electron chi connectivity index (χ3n) is 3.22. The van der Waals surface area contributed by atoms with Crippen LogP contribution in [-0.4, -0.2) is 17.0 Å². The summed E-state index contributed by atoms with van der Waals surface area (Å²) in [7, 11) is 0. The number of hydrogen-bond donors (Lipinski definition) is 1. The predicted octanol–water partition coefficient (Wildman–Crippen LogP) is 2.46. The van der Waals surface area contributed by atoms with E-state index in [-0.39, 0.29) is 17.6 Å². The summed E-state index contributed by atoms with van der Waals surface area (Å²) in [5.41, 5.74) is 1.07. The molecule has 1 aliphatic carbocycles. The summed E-state index contributed by atoms with van der Waals surface area (Å²) < 4.78 is 0. The van der Waals surface area contributed by atoms with Crippen molar-refractivity contribution < 1.29 is 9.90 Å². The van der Waals surface area contributed by atoms with E-state index >= 15 is 0 Å². The van der Waals surface area contributed by atoms with Crippen molar-refractivity contribution in [2.75, 3.05) is 0 Å². The van der Waals surface area contributed by atoms with Crippen LogP contribution in [0.5, 0.6) is 0 Å². The van der Waals surface area contributed by atoms with Crippen molar-refractivity contribution in [3.8, 4) is 0 Å². The fourth-order valence-electron chi connectivity index (χ4n) is 2.32. The second-order valence-corrected chi connectivity index (χ2v) is 4.34. The molecule has 0 amide bonds. The number of aliphatic hydroxyl groups excluding tert-OH is 1. The highest BCUT2D eigenvalue weighted by molar-refractivity contribution is 5.93. The van der Waals surface area contributed by atoms with Crippen LogP contribution in [0.25, 0.3) is 0 Å². The SMILES string of the molecule is C=CC(c1ccccc1)[C@@H]1C[C@H](O)C=CC1=O. The molecular formula is C15H16O2. The summed E-state index contributed by atoms with van der Waals surface area (Å²) >= 11 is 0. The van der Waals surface area contributed by atoms with Crippen LogP contribution >= 0.6 is 0 Å². The van der Waals surface area contributed by atoms with Gasteiger partial charge in [0, 0.05) is 11.8 Å². The van der Waals surface area contributed by atoms with Gasteiger partial charge in [0.15, 0.2) is 5.78 Å². The smallest absolute Gasteiger partial charge is 0.159 e. The van der Waals surface area contributed by atoms with Crippen LogP contribution in [0.15, 0.2) is 55.1 Å². The molecule has 2 rings (SSSR count). The van der Waals surface area contributed by atoms with Crippen LogP contribution in [0.1, 0.15) is 17.9 Å². The van der Waals surface area contributed by atoms with Gasteiger partial charge in [0.2, 0.25) is 0 Å². The number of benzene rings is 1. The molecule has 1 aromatic carbocycles. The van der Waals surface area contributed by atoms with E-state index in [4.69, 9.17) is 0 Å². The first kappa shape index (κ1) is 11.8. The van der Waals surface area contributed by atoms with Gasteiger partial charge in [-0.3, -0.25) is 4.79 Å². The fraction of sp³-hybridized carbons (Fsp3) is 0.267. The van der Waals surface area contributed by atoms with E-state index in [0.717, 1.165) is 5.56 Å². The topological polar surface area (TPSA) is 37.3 Å². The first-order chi connectivity index (χ1) is 8.22. The van der Waals surface area contributed by atoms with Crippen molar-refractivity contribution >= 4 is 5.78 Å². The zero-order valence-electron chi connectivity index (χ0n) is 9.62. The molecule has 0 saturated heterocycles. The number of rotatable bonds is 3. The Hall–Kier alpha value is -1.67. The van der Waals surface area contributed by atoms with E-state index in [2.05, 4.69) is 6.58 Å². The molecule has 0 bridgehead atoms. The number of hydrogen-bond acceptors (Lipinski definition) is 2. The van der Waals surface area contributed by atoms with Gasteiger partial charge in [-0.25, -0.2) is 0 Å². The van der Waals surface area contributed by atoms with Gasteiger partial charge in [-0.2, -0.15) is 0 Å². The minimum Gasteiger partial charge on any atom is -0.389 e. The molecule has 0 spiro atoms. The molecule has 0 aromatic heterocycles. The van der Waals surface area contributed by atoms with Gasteiger partial charge >= 0.3 is 0 Å². The zero-order valence-corrected chi connectivity index (χ0v) is 9.62. The van der Waals surface area contributed by atoms with Crippen molar-refractivity contribution in [2.45, 2.75) is 18.4 Å². The van der Waals surface area contributed by atoms with Gasteiger partial charge in [0.25, 0.3) is 0 Å². The first-order valence-electron chi connectivity index (χ1n) is 5.80. The highest BCUT2D eigenvalue weighted by Crippen LogP contribution is 2.32. The molecule has 1 N–H and O–H groups in total. The van der Waals surface area contributed by atoms with E-state index in [1.807, 2.05) is 30.3 Å². The van der Waals surface area contributed by atoms with Crippen LogP contribution < -0.4 is 0 Å². The predicted molar refractivity (Wildman–Crippen MR) is 67.6 cm³/mol. The summed E-state index contributed by atoms with van der Waals surface area (Å²) in [6, 6.07) is 9.83. The number of aliphatic hydroxyl groups is 1. The molecule has 2 heteroatoms. The maximum absolute atomic E-state index is 11.9. The second-order valence-electron chi connectivity index (χ2n) is 4.34. The van der Waals surface area contributed by atoms with Crippen molar-refractivity contribution in [3.05, 3.63) is 60.7 Å². The van der Waals surface area contributed by atoms with E-state index in [1.54, 1.807) is 12.2 Å². The molecule has 0 saturated carbocycles. The van der Waals surface area contributed by atoms with E-state index in [1.165, 1.54) is 6.08 Å². The monoisotopic (exact) mass is 228 g/mol. The highest BCUT2D eigenvalue weighted by Gasteiger charge is 2.30. The van der Waals surface area contributed by atoms with Gasteiger partial charge in [-0.15, -0.1) is 6.58 Å². The molecule has 1 aromatic rings. The summed E-state index contributed by atoms with van der Waals surface area (Å²) in [4.78, 5) is 11.9.